The average Bonchev–Trinajstić information content (AvgIpc) is 2.95. The van der Waals surface area contributed by atoms with Crippen LogP contribution in [0.2, 0.25) is 0 Å². The van der Waals surface area contributed by atoms with Gasteiger partial charge in [0.05, 0.1) is 18.5 Å². The first-order valence-electron chi connectivity index (χ1n) is 8.75. The van der Waals surface area contributed by atoms with Crippen LogP contribution in [0.15, 0.2) is 29.3 Å². The molecule has 1 N–H and O–H groups in total. The Morgan fingerprint density at radius 2 is 2.15 bits per heavy atom. The Morgan fingerprint density at radius 1 is 1.37 bits per heavy atom. The van der Waals surface area contributed by atoms with Crippen molar-refractivity contribution in [1.82, 2.24) is 19.5 Å². The Morgan fingerprint density at radius 3 is 2.74 bits per heavy atom. The van der Waals surface area contributed by atoms with Crippen molar-refractivity contribution >= 4 is 21.7 Å². The van der Waals surface area contributed by atoms with Gasteiger partial charge >= 0.3 is 0 Å². The second kappa shape index (κ2) is 7.65. The highest BCUT2D eigenvalue weighted by atomic mass is 32.2. The van der Waals surface area contributed by atoms with E-state index in [2.05, 4.69) is 14.8 Å². The number of ether oxygens (including phenoxy) is 1. The van der Waals surface area contributed by atoms with Gasteiger partial charge < -0.3 is 4.74 Å². The van der Waals surface area contributed by atoms with Gasteiger partial charge in [-0.2, -0.15) is 9.82 Å². The lowest BCUT2D eigenvalue weighted by molar-refractivity contribution is -0.121. The molecule has 146 valence electrons. The van der Waals surface area contributed by atoms with Crippen molar-refractivity contribution in [3.63, 3.8) is 0 Å². The highest BCUT2D eigenvalue weighted by molar-refractivity contribution is 7.89. The summed E-state index contributed by atoms with van der Waals surface area (Å²) in [5.41, 5.74) is 0.795. The van der Waals surface area contributed by atoms with E-state index in [0.29, 0.717) is 37.7 Å². The van der Waals surface area contributed by atoms with Crippen LogP contribution < -0.4 is 14.4 Å². The fraction of sp³-hybridized carbons (Fsp3) is 0.471. The van der Waals surface area contributed by atoms with E-state index in [-0.39, 0.29) is 10.8 Å². The highest BCUT2D eigenvalue weighted by Gasteiger charge is 2.34. The summed E-state index contributed by atoms with van der Waals surface area (Å²) in [5.74, 6) is 0.721. The number of pyridine rings is 1. The number of sulfonamides is 1. The average molecular weight is 393 g/mol. The molecule has 0 spiro atoms. The number of carbonyl (C=O) groups is 1. The van der Waals surface area contributed by atoms with Gasteiger partial charge in [-0.15, -0.1) is 0 Å². The van der Waals surface area contributed by atoms with Crippen LogP contribution in [-0.2, 0) is 21.9 Å². The third-order valence-electron chi connectivity index (χ3n) is 4.30. The lowest BCUT2D eigenvalue weighted by Crippen LogP contribution is -2.52. The number of piperidine rings is 1. The molecule has 10 heteroatoms. The number of amides is 1. The van der Waals surface area contributed by atoms with Crippen molar-refractivity contribution in [2.75, 3.05) is 18.1 Å². The van der Waals surface area contributed by atoms with Crippen molar-refractivity contribution in [3.05, 3.63) is 30.1 Å². The van der Waals surface area contributed by atoms with Crippen molar-refractivity contribution < 1.29 is 17.9 Å². The van der Waals surface area contributed by atoms with Gasteiger partial charge in [-0.05, 0) is 32.8 Å². The SMILES string of the molecule is CCOc1ccc(S(=O)(=O)NC2CCCN(c3cc(C)nn3C)C2=O)cn1. The predicted molar refractivity (Wildman–Crippen MR) is 99.0 cm³/mol. The molecule has 1 atom stereocenters. The van der Waals surface area contributed by atoms with Crippen LogP contribution in [0, 0.1) is 6.92 Å². The maximum Gasteiger partial charge on any atom is 0.246 e. The molecule has 0 aliphatic carbocycles. The summed E-state index contributed by atoms with van der Waals surface area (Å²) in [6.45, 7) is 4.63. The van der Waals surface area contributed by atoms with Crippen LogP contribution in [0.25, 0.3) is 0 Å². The highest BCUT2D eigenvalue weighted by Crippen LogP contribution is 2.23. The quantitative estimate of drug-likeness (QED) is 0.785. The van der Waals surface area contributed by atoms with Crippen molar-refractivity contribution in [2.45, 2.75) is 37.6 Å². The maximum atomic E-state index is 12.9. The third kappa shape index (κ3) is 4.11. The first kappa shape index (κ1) is 19.3. The van der Waals surface area contributed by atoms with Gasteiger partial charge in [0.25, 0.3) is 0 Å². The fourth-order valence-corrected chi connectivity index (χ4v) is 4.24. The molecule has 9 nitrogen and oxygen atoms in total. The smallest absolute Gasteiger partial charge is 0.246 e. The zero-order valence-corrected chi connectivity index (χ0v) is 16.4. The van der Waals surface area contributed by atoms with E-state index in [1.165, 1.54) is 18.3 Å². The monoisotopic (exact) mass is 393 g/mol. The molecule has 1 fully saturated rings. The molecular weight excluding hydrogens is 370 g/mol. The lowest BCUT2D eigenvalue weighted by Gasteiger charge is -2.32. The number of aromatic nitrogens is 3. The summed E-state index contributed by atoms with van der Waals surface area (Å²) in [5, 5.41) is 4.26. The summed E-state index contributed by atoms with van der Waals surface area (Å²) in [6.07, 6.45) is 2.35. The van der Waals surface area contributed by atoms with E-state index in [1.54, 1.807) is 16.6 Å². The minimum atomic E-state index is -3.87. The van der Waals surface area contributed by atoms with Crippen LogP contribution in [0.1, 0.15) is 25.5 Å². The fourth-order valence-electron chi connectivity index (χ4n) is 3.08. The van der Waals surface area contributed by atoms with Crippen molar-refractivity contribution in [3.8, 4) is 5.88 Å². The van der Waals surface area contributed by atoms with Gasteiger partial charge in [0.1, 0.15) is 16.8 Å². The summed E-state index contributed by atoms with van der Waals surface area (Å²) in [4.78, 5) is 18.4. The molecule has 3 rings (SSSR count). The van der Waals surface area contributed by atoms with Gasteiger partial charge in [0, 0.05) is 25.7 Å². The van der Waals surface area contributed by atoms with Crippen molar-refractivity contribution in [1.29, 1.82) is 0 Å². The second-order valence-corrected chi connectivity index (χ2v) is 8.05. The number of carbonyl (C=O) groups excluding carboxylic acids is 1. The number of aryl methyl sites for hydroxylation is 2. The number of anilines is 1. The maximum absolute atomic E-state index is 12.9. The Balaban J connectivity index is 1.77. The number of hydrogen-bond acceptors (Lipinski definition) is 6. The van der Waals surface area contributed by atoms with E-state index in [1.807, 2.05) is 19.9 Å². The van der Waals surface area contributed by atoms with Gasteiger partial charge in [-0.25, -0.2) is 13.4 Å². The van der Waals surface area contributed by atoms with Crippen LogP contribution in [0.4, 0.5) is 5.82 Å². The van der Waals surface area contributed by atoms with Gasteiger partial charge in [0.15, 0.2) is 0 Å². The molecule has 1 aliphatic heterocycles. The first-order valence-corrected chi connectivity index (χ1v) is 10.2. The molecule has 1 unspecified atom stereocenters. The minimum absolute atomic E-state index is 0.00717. The van der Waals surface area contributed by atoms with Crippen molar-refractivity contribution in [2.24, 2.45) is 7.05 Å². The summed E-state index contributed by atoms with van der Waals surface area (Å²) in [6, 6.07) is 3.89. The van der Waals surface area contributed by atoms with E-state index in [4.69, 9.17) is 4.74 Å². The van der Waals surface area contributed by atoms with Crippen LogP contribution in [0.3, 0.4) is 0 Å². The molecule has 0 radical (unpaired) electrons. The van der Waals surface area contributed by atoms with Gasteiger partial charge in [-0.1, -0.05) is 0 Å². The molecule has 0 saturated carbocycles. The van der Waals surface area contributed by atoms with E-state index in [9.17, 15) is 13.2 Å². The summed E-state index contributed by atoms with van der Waals surface area (Å²) in [7, 11) is -2.11. The summed E-state index contributed by atoms with van der Waals surface area (Å²) < 4.78 is 34.7. The second-order valence-electron chi connectivity index (χ2n) is 6.34. The van der Waals surface area contributed by atoms with E-state index < -0.39 is 16.1 Å². The number of hydrogen-bond donors (Lipinski definition) is 1. The minimum Gasteiger partial charge on any atom is -0.478 e. The Bertz CT molecular complexity index is 923. The zero-order chi connectivity index (χ0) is 19.6. The molecule has 1 saturated heterocycles. The third-order valence-corrected chi connectivity index (χ3v) is 5.76. The first-order chi connectivity index (χ1) is 12.8. The number of rotatable bonds is 6. The number of nitrogens with one attached hydrogen (secondary N) is 1. The Hall–Kier alpha value is -2.46. The molecule has 0 aromatic carbocycles. The van der Waals surface area contributed by atoms with Crippen LogP contribution in [0.5, 0.6) is 5.88 Å². The lowest BCUT2D eigenvalue weighted by atomic mass is 10.1. The summed E-state index contributed by atoms with van der Waals surface area (Å²) >= 11 is 0. The molecule has 2 aromatic heterocycles. The van der Waals surface area contributed by atoms with Crippen LogP contribution in [-0.4, -0.2) is 48.3 Å². The molecule has 27 heavy (non-hydrogen) atoms. The molecule has 1 aliphatic rings. The van der Waals surface area contributed by atoms with Crippen LogP contribution >= 0.6 is 0 Å². The van der Waals surface area contributed by atoms with Gasteiger partial charge in [-0.3, -0.25) is 14.4 Å². The number of nitrogens with zero attached hydrogens (tertiary/aromatic N) is 4. The molecule has 0 bridgehead atoms. The zero-order valence-electron chi connectivity index (χ0n) is 15.5. The predicted octanol–water partition coefficient (Wildman–Crippen LogP) is 0.996. The van der Waals surface area contributed by atoms with E-state index >= 15 is 0 Å². The molecule has 2 aromatic rings. The Kier molecular flexibility index (Phi) is 5.47. The topological polar surface area (TPSA) is 106 Å². The normalized spacial score (nSPS) is 18.0. The molecule has 3 heterocycles. The largest absolute Gasteiger partial charge is 0.478 e. The van der Waals surface area contributed by atoms with Gasteiger partial charge in [0.2, 0.25) is 21.8 Å². The standard InChI is InChI=1S/C17H23N5O4S/c1-4-26-15-8-7-13(11-18-15)27(24,25)20-14-6-5-9-22(17(14)23)16-10-12(2)19-21(16)3/h7-8,10-11,14,20H,4-6,9H2,1-3H3. The molecule has 1 amide bonds. The molecular formula is C17H23N5O4S. The Labute approximate surface area is 158 Å². The van der Waals surface area contributed by atoms with E-state index in [0.717, 1.165) is 5.69 Å².